The van der Waals surface area contributed by atoms with Crippen molar-refractivity contribution in [3.63, 3.8) is 0 Å². The smallest absolute Gasteiger partial charge is 0.0875 e. The maximum Gasteiger partial charge on any atom is 0.0875 e. The second-order valence-electron chi connectivity index (χ2n) is 4.72. The predicted octanol–water partition coefficient (Wildman–Crippen LogP) is -0.775. The van der Waals surface area contributed by atoms with Crippen LogP contribution in [0.2, 0.25) is 0 Å². The maximum atomic E-state index is 5.07. The van der Waals surface area contributed by atoms with Crippen molar-refractivity contribution in [2.75, 3.05) is 40.9 Å². The third kappa shape index (κ3) is 16.8. The average molecular weight is 240 g/mol. The van der Waals surface area contributed by atoms with Crippen molar-refractivity contribution in [1.82, 2.24) is 0 Å². The molecule has 0 spiro atoms. The van der Waals surface area contributed by atoms with Gasteiger partial charge in [0.2, 0.25) is 0 Å². The number of quaternary nitrogens is 1. The van der Waals surface area contributed by atoms with E-state index in [-0.39, 0.29) is 12.4 Å². The van der Waals surface area contributed by atoms with Gasteiger partial charge in [-0.2, -0.15) is 0 Å². The van der Waals surface area contributed by atoms with Gasteiger partial charge in [-0.25, -0.2) is 9.78 Å². The summed E-state index contributed by atoms with van der Waals surface area (Å²) in [5.74, 6) is 0. The van der Waals surface area contributed by atoms with E-state index in [2.05, 4.69) is 28.1 Å². The van der Waals surface area contributed by atoms with Gasteiger partial charge in [-0.1, -0.05) is 19.8 Å². The van der Waals surface area contributed by atoms with Crippen LogP contribution in [-0.2, 0) is 9.78 Å². The molecule has 0 N–H and O–H groups in total. The van der Waals surface area contributed by atoms with Crippen LogP contribution in [-0.4, -0.2) is 45.4 Å². The molecule has 0 rings (SSSR count). The van der Waals surface area contributed by atoms with Crippen LogP contribution in [0.5, 0.6) is 0 Å². The molecule has 0 aliphatic rings. The monoisotopic (exact) mass is 239 g/mol. The zero-order valence-electron chi connectivity index (χ0n) is 10.6. The number of hydrogen-bond acceptors (Lipinski definition) is 2. The van der Waals surface area contributed by atoms with E-state index in [1.54, 1.807) is 0 Å². The molecular formula is C11H26ClNO2. The van der Waals surface area contributed by atoms with E-state index < -0.39 is 0 Å². The molecule has 94 valence electrons. The zero-order chi connectivity index (χ0) is 10.9. The van der Waals surface area contributed by atoms with Crippen molar-refractivity contribution in [2.45, 2.75) is 32.6 Å². The molecule has 0 aliphatic carbocycles. The average Bonchev–Trinajstić information content (AvgIpc) is 2.08. The predicted molar refractivity (Wildman–Crippen MR) is 58.9 cm³/mol. The van der Waals surface area contributed by atoms with Crippen LogP contribution in [0, 0.1) is 0 Å². The fourth-order valence-electron chi connectivity index (χ4n) is 1.13. The standard InChI is InChI=1S/C11H26NO2.ClH/c1-5-6-7-10-13-14-11-8-9-12(2,3)4;/h5-11H2,1-4H3;1H/q+1;/p-1. The highest BCUT2D eigenvalue weighted by atomic mass is 35.5. The van der Waals surface area contributed by atoms with Gasteiger partial charge < -0.3 is 16.9 Å². The first-order chi connectivity index (χ1) is 6.56. The number of hydrogen-bond donors (Lipinski definition) is 0. The van der Waals surface area contributed by atoms with Gasteiger partial charge in [0.05, 0.1) is 40.9 Å². The van der Waals surface area contributed by atoms with Crippen LogP contribution < -0.4 is 12.4 Å². The Kier molecular flexibility index (Phi) is 12.5. The van der Waals surface area contributed by atoms with Crippen molar-refractivity contribution in [3.05, 3.63) is 0 Å². The summed E-state index contributed by atoms with van der Waals surface area (Å²) in [7, 11) is 6.55. The Labute approximate surface area is 101 Å². The van der Waals surface area contributed by atoms with Crippen LogP contribution in [0.25, 0.3) is 0 Å². The molecule has 0 aromatic heterocycles. The number of rotatable bonds is 9. The maximum absolute atomic E-state index is 5.07. The van der Waals surface area contributed by atoms with Gasteiger partial charge in [0, 0.05) is 6.42 Å². The Hall–Kier alpha value is 0.170. The van der Waals surface area contributed by atoms with Gasteiger partial charge in [0.1, 0.15) is 0 Å². The second-order valence-corrected chi connectivity index (χ2v) is 4.72. The SMILES string of the molecule is CCCCCOOCCC[N+](C)(C)C.[Cl-]. The van der Waals surface area contributed by atoms with Gasteiger partial charge in [-0.3, -0.25) is 0 Å². The molecule has 3 nitrogen and oxygen atoms in total. The lowest BCUT2D eigenvalue weighted by atomic mass is 10.3. The highest BCUT2D eigenvalue weighted by molar-refractivity contribution is 4.34. The molecule has 0 amide bonds. The molecule has 0 unspecified atom stereocenters. The molecule has 0 fully saturated rings. The fraction of sp³-hybridized carbons (Fsp3) is 1.00. The minimum absolute atomic E-state index is 0. The molecule has 0 aliphatic heterocycles. The summed E-state index contributed by atoms with van der Waals surface area (Å²) in [5.41, 5.74) is 0. The molecule has 0 saturated carbocycles. The molecule has 0 radical (unpaired) electrons. The van der Waals surface area contributed by atoms with E-state index in [1.807, 2.05) is 0 Å². The summed E-state index contributed by atoms with van der Waals surface area (Å²) in [5, 5.41) is 0. The molecular weight excluding hydrogens is 214 g/mol. The Morgan fingerprint density at radius 1 is 0.867 bits per heavy atom. The van der Waals surface area contributed by atoms with Crippen LogP contribution in [0.4, 0.5) is 0 Å². The van der Waals surface area contributed by atoms with Gasteiger partial charge >= 0.3 is 0 Å². The zero-order valence-corrected chi connectivity index (χ0v) is 11.3. The van der Waals surface area contributed by atoms with Crippen molar-refractivity contribution in [1.29, 1.82) is 0 Å². The minimum atomic E-state index is 0. The van der Waals surface area contributed by atoms with Crippen molar-refractivity contribution in [3.8, 4) is 0 Å². The third-order valence-corrected chi connectivity index (χ3v) is 1.97. The number of halogens is 1. The normalized spacial score (nSPS) is 11.2. The van der Waals surface area contributed by atoms with Crippen LogP contribution in [0.3, 0.4) is 0 Å². The quantitative estimate of drug-likeness (QED) is 0.228. The molecule has 0 saturated heterocycles. The molecule has 0 heterocycles. The van der Waals surface area contributed by atoms with Gasteiger partial charge in [0.25, 0.3) is 0 Å². The Morgan fingerprint density at radius 3 is 1.87 bits per heavy atom. The van der Waals surface area contributed by atoms with E-state index in [9.17, 15) is 0 Å². The molecule has 0 atom stereocenters. The van der Waals surface area contributed by atoms with Crippen molar-refractivity contribution >= 4 is 0 Å². The number of unbranched alkanes of at least 4 members (excludes halogenated alkanes) is 2. The summed E-state index contributed by atoms with van der Waals surface area (Å²) in [4.78, 5) is 10.1. The summed E-state index contributed by atoms with van der Waals surface area (Å²) in [6.07, 6.45) is 4.61. The summed E-state index contributed by atoms with van der Waals surface area (Å²) < 4.78 is 0.985. The first-order valence-electron chi connectivity index (χ1n) is 5.61. The van der Waals surface area contributed by atoms with Gasteiger partial charge in [-0.15, -0.1) is 0 Å². The molecule has 4 heteroatoms. The van der Waals surface area contributed by atoms with Gasteiger partial charge in [0.15, 0.2) is 0 Å². The first-order valence-corrected chi connectivity index (χ1v) is 5.61. The van der Waals surface area contributed by atoms with Crippen molar-refractivity contribution in [2.24, 2.45) is 0 Å². The highest BCUT2D eigenvalue weighted by Gasteiger charge is 2.05. The molecule has 15 heavy (non-hydrogen) atoms. The lowest BCUT2D eigenvalue weighted by Crippen LogP contribution is -3.00. The van der Waals surface area contributed by atoms with Crippen molar-refractivity contribution < 1.29 is 26.7 Å². The van der Waals surface area contributed by atoms with E-state index in [0.29, 0.717) is 6.61 Å². The van der Waals surface area contributed by atoms with Crippen LogP contribution >= 0.6 is 0 Å². The van der Waals surface area contributed by atoms with Crippen LogP contribution in [0.1, 0.15) is 32.6 Å². The molecule has 0 aromatic carbocycles. The van der Waals surface area contributed by atoms with E-state index in [4.69, 9.17) is 9.78 Å². The molecule has 0 bridgehead atoms. The third-order valence-electron chi connectivity index (χ3n) is 1.97. The Balaban J connectivity index is 0. The lowest BCUT2D eigenvalue weighted by molar-refractivity contribution is -0.870. The largest absolute Gasteiger partial charge is 1.00 e. The Bertz CT molecular complexity index is 126. The lowest BCUT2D eigenvalue weighted by Gasteiger charge is -2.23. The Morgan fingerprint density at radius 2 is 1.40 bits per heavy atom. The highest BCUT2D eigenvalue weighted by Crippen LogP contribution is 1.97. The van der Waals surface area contributed by atoms with E-state index >= 15 is 0 Å². The summed E-state index contributed by atoms with van der Waals surface area (Å²) in [6.45, 7) is 4.75. The fourth-order valence-corrected chi connectivity index (χ4v) is 1.13. The van der Waals surface area contributed by atoms with Crippen LogP contribution in [0.15, 0.2) is 0 Å². The van der Waals surface area contributed by atoms with E-state index in [0.717, 1.165) is 30.5 Å². The topological polar surface area (TPSA) is 18.5 Å². The second kappa shape index (κ2) is 10.7. The summed E-state index contributed by atoms with van der Waals surface area (Å²) in [6, 6.07) is 0. The summed E-state index contributed by atoms with van der Waals surface area (Å²) >= 11 is 0. The minimum Gasteiger partial charge on any atom is -1.00 e. The van der Waals surface area contributed by atoms with E-state index in [1.165, 1.54) is 12.8 Å². The number of nitrogens with zero attached hydrogens (tertiary/aromatic N) is 1. The van der Waals surface area contributed by atoms with Gasteiger partial charge in [-0.05, 0) is 6.42 Å². The molecule has 0 aromatic rings. The first kappa shape index (κ1) is 17.6.